The SMILES string of the molecule is COCc1cccc(NC(=O)CN(c2cccc(C)c2)S(=O)(=O)c2ccc(Cl)cc2)c1. The Morgan fingerprint density at radius 1 is 1.03 bits per heavy atom. The van der Waals surface area contributed by atoms with Crippen molar-refractivity contribution in [3.05, 3.63) is 88.9 Å². The van der Waals surface area contributed by atoms with Gasteiger partial charge in [-0.1, -0.05) is 35.9 Å². The lowest BCUT2D eigenvalue weighted by Gasteiger charge is -2.24. The minimum atomic E-state index is -4.00. The Labute approximate surface area is 187 Å². The predicted molar refractivity (Wildman–Crippen MR) is 123 cm³/mol. The number of halogens is 1. The van der Waals surface area contributed by atoms with Gasteiger partial charge in [0.1, 0.15) is 6.54 Å². The van der Waals surface area contributed by atoms with Crippen molar-refractivity contribution in [3.63, 3.8) is 0 Å². The number of methoxy groups -OCH3 is 1. The number of aryl methyl sites for hydroxylation is 1. The first kappa shape index (κ1) is 22.8. The van der Waals surface area contributed by atoms with E-state index in [1.807, 2.05) is 19.1 Å². The van der Waals surface area contributed by atoms with Crippen LogP contribution in [-0.2, 0) is 26.2 Å². The monoisotopic (exact) mass is 458 g/mol. The zero-order chi connectivity index (χ0) is 22.4. The summed E-state index contributed by atoms with van der Waals surface area (Å²) in [6.45, 7) is 1.88. The first-order valence-corrected chi connectivity index (χ1v) is 11.3. The third-order valence-electron chi connectivity index (χ3n) is 4.50. The normalized spacial score (nSPS) is 11.2. The quantitative estimate of drug-likeness (QED) is 0.534. The number of sulfonamides is 1. The van der Waals surface area contributed by atoms with Crippen LogP contribution in [0.3, 0.4) is 0 Å². The second-order valence-corrected chi connectivity index (χ2v) is 9.28. The van der Waals surface area contributed by atoms with Crippen molar-refractivity contribution in [2.24, 2.45) is 0 Å². The maximum absolute atomic E-state index is 13.4. The number of nitrogens with zero attached hydrogens (tertiary/aromatic N) is 1. The molecular formula is C23H23ClN2O4S. The molecule has 0 spiro atoms. The number of ether oxygens (including phenoxy) is 1. The van der Waals surface area contributed by atoms with E-state index in [9.17, 15) is 13.2 Å². The lowest BCUT2D eigenvalue weighted by molar-refractivity contribution is -0.114. The second kappa shape index (κ2) is 9.96. The molecule has 0 bridgehead atoms. The van der Waals surface area contributed by atoms with E-state index in [2.05, 4.69) is 5.32 Å². The first-order valence-electron chi connectivity index (χ1n) is 9.52. The molecule has 1 amide bonds. The largest absolute Gasteiger partial charge is 0.380 e. The highest BCUT2D eigenvalue weighted by atomic mass is 35.5. The van der Waals surface area contributed by atoms with Crippen LogP contribution in [0.25, 0.3) is 0 Å². The van der Waals surface area contributed by atoms with Crippen molar-refractivity contribution in [2.75, 3.05) is 23.3 Å². The summed E-state index contributed by atoms with van der Waals surface area (Å²) in [5.41, 5.74) is 2.73. The van der Waals surface area contributed by atoms with Gasteiger partial charge in [0.2, 0.25) is 5.91 Å². The summed E-state index contributed by atoms with van der Waals surface area (Å²) >= 11 is 5.91. The van der Waals surface area contributed by atoms with Gasteiger partial charge in [-0.15, -0.1) is 0 Å². The number of hydrogen-bond acceptors (Lipinski definition) is 4. The fraction of sp³-hybridized carbons (Fsp3) is 0.174. The highest BCUT2D eigenvalue weighted by Crippen LogP contribution is 2.25. The van der Waals surface area contributed by atoms with Gasteiger partial charge in [0.15, 0.2) is 0 Å². The molecule has 0 saturated carbocycles. The number of hydrogen-bond donors (Lipinski definition) is 1. The third kappa shape index (κ3) is 5.85. The van der Waals surface area contributed by atoms with E-state index < -0.39 is 15.9 Å². The highest BCUT2D eigenvalue weighted by Gasteiger charge is 2.27. The summed E-state index contributed by atoms with van der Waals surface area (Å²) in [6, 6.07) is 20.0. The van der Waals surface area contributed by atoms with Crippen molar-refractivity contribution in [2.45, 2.75) is 18.4 Å². The molecule has 0 saturated heterocycles. The maximum Gasteiger partial charge on any atom is 0.264 e. The summed E-state index contributed by atoms with van der Waals surface area (Å²) in [7, 11) is -2.41. The molecule has 8 heteroatoms. The number of amides is 1. The molecule has 0 atom stereocenters. The fourth-order valence-corrected chi connectivity index (χ4v) is 4.61. The lowest BCUT2D eigenvalue weighted by atomic mass is 10.2. The summed E-state index contributed by atoms with van der Waals surface area (Å²) in [4.78, 5) is 12.9. The average molecular weight is 459 g/mol. The molecule has 0 aliphatic carbocycles. The molecule has 0 aromatic heterocycles. The molecule has 162 valence electrons. The Hall–Kier alpha value is -2.87. The van der Waals surface area contributed by atoms with E-state index in [-0.39, 0.29) is 11.4 Å². The van der Waals surface area contributed by atoms with Crippen LogP contribution >= 0.6 is 11.6 Å². The Bertz CT molecular complexity index is 1160. The van der Waals surface area contributed by atoms with E-state index >= 15 is 0 Å². The summed E-state index contributed by atoms with van der Waals surface area (Å²) in [5, 5.41) is 3.19. The topological polar surface area (TPSA) is 75.7 Å². The van der Waals surface area contributed by atoms with Crippen molar-refractivity contribution in [3.8, 4) is 0 Å². The van der Waals surface area contributed by atoms with Gasteiger partial charge in [0.05, 0.1) is 17.2 Å². The molecule has 0 heterocycles. The maximum atomic E-state index is 13.4. The molecule has 3 rings (SSSR count). The lowest BCUT2D eigenvalue weighted by Crippen LogP contribution is -2.38. The van der Waals surface area contributed by atoms with E-state index in [0.29, 0.717) is 23.0 Å². The zero-order valence-electron chi connectivity index (χ0n) is 17.2. The minimum Gasteiger partial charge on any atom is -0.380 e. The van der Waals surface area contributed by atoms with E-state index in [1.165, 1.54) is 24.3 Å². The van der Waals surface area contributed by atoms with Gasteiger partial charge in [-0.25, -0.2) is 8.42 Å². The molecular weight excluding hydrogens is 436 g/mol. The van der Waals surface area contributed by atoms with E-state index in [0.717, 1.165) is 15.4 Å². The summed E-state index contributed by atoms with van der Waals surface area (Å²) in [5.74, 6) is -0.464. The van der Waals surface area contributed by atoms with Gasteiger partial charge in [-0.05, 0) is 66.6 Å². The minimum absolute atomic E-state index is 0.0494. The van der Waals surface area contributed by atoms with Crippen LogP contribution in [0, 0.1) is 6.92 Å². The number of carbonyl (C=O) groups excluding carboxylic acids is 1. The van der Waals surface area contributed by atoms with Crippen LogP contribution < -0.4 is 9.62 Å². The molecule has 3 aromatic rings. The third-order valence-corrected chi connectivity index (χ3v) is 6.54. The summed E-state index contributed by atoms with van der Waals surface area (Å²) < 4.78 is 32.9. The predicted octanol–water partition coefficient (Wildman–Crippen LogP) is 4.63. The van der Waals surface area contributed by atoms with Crippen LogP contribution in [0.15, 0.2) is 77.7 Å². The fourth-order valence-electron chi connectivity index (χ4n) is 3.07. The number of nitrogens with one attached hydrogen (secondary N) is 1. The number of rotatable bonds is 8. The molecule has 0 aliphatic heterocycles. The van der Waals surface area contributed by atoms with Crippen LogP contribution in [-0.4, -0.2) is 28.0 Å². The Balaban J connectivity index is 1.91. The molecule has 6 nitrogen and oxygen atoms in total. The van der Waals surface area contributed by atoms with Gasteiger partial charge in [0, 0.05) is 17.8 Å². The van der Waals surface area contributed by atoms with Gasteiger partial charge in [0.25, 0.3) is 10.0 Å². The standard InChI is InChI=1S/C23H23ClN2O4S/c1-17-5-3-8-21(13-17)26(31(28,29)22-11-9-19(24)10-12-22)15-23(27)25-20-7-4-6-18(14-20)16-30-2/h3-14H,15-16H2,1-2H3,(H,25,27). The molecule has 1 N–H and O–H groups in total. The Morgan fingerprint density at radius 3 is 2.42 bits per heavy atom. The van der Waals surface area contributed by atoms with E-state index in [1.54, 1.807) is 43.5 Å². The second-order valence-electron chi connectivity index (χ2n) is 6.99. The van der Waals surface area contributed by atoms with Gasteiger partial charge in [-0.3, -0.25) is 9.10 Å². The Morgan fingerprint density at radius 2 is 1.74 bits per heavy atom. The van der Waals surface area contributed by atoms with Gasteiger partial charge >= 0.3 is 0 Å². The van der Waals surface area contributed by atoms with Crippen molar-refractivity contribution in [1.82, 2.24) is 0 Å². The number of benzene rings is 3. The molecule has 0 aliphatic rings. The van der Waals surface area contributed by atoms with Crippen molar-refractivity contribution >= 4 is 38.9 Å². The van der Waals surface area contributed by atoms with Gasteiger partial charge < -0.3 is 10.1 Å². The Kier molecular flexibility index (Phi) is 7.33. The summed E-state index contributed by atoms with van der Waals surface area (Å²) in [6.07, 6.45) is 0. The molecule has 31 heavy (non-hydrogen) atoms. The first-order chi connectivity index (χ1) is 14.8. The zero-order valence-corrected chi connectivity index (χ0v) is 18.8. The smallest absolute Gasteiger partial charge is 0.264 e. The highest BCUT2D eigenvalue weighted by molar-refractivity contribution is 7.92. The van der Waals surface area contributed by atoms with Crippen molar-refractivity contribution in [1.29, 1.82) is 0 Å². The van der Waals surface area contributed by atoms with Gasteiger partial charge in [-0.2, -0.15) is 0 Å². The van der Waals surface area contributed by atoms with Crippen LogP contribution in [0.1, 0.15) is 11.1 Å². The molecule has 0 radical (unpaired) electrons. The van der Waals surface area contributed by atoms with Crippen molar-refractivity contribution < 1.29 is 17.9 Å². The molecule has 0 unspecified atom stereocenters. The van der Waals surface area contributed by atoms with Crippen LogP contribution in [0.5, 0.6) is 0 Å². The number of anilines is 2. The molecule has 3 aromatic carbocycles. The van der Waals surface area contributed by atoms with Crippen LogP contribution in [0.4, 0.5) is 11.4 Å². The average Bonchev–Trinajstić information content (AvgIpc) is 2.73. The number of carbonyl (C=O) groups is 1. The van der Waals surface area contributed by atoms with E-state index in [4.69, 9.17) is 16.3 Å². The molecule has 0 fully saturated rings. The van der Waals surface area contributed by atoms with Crippen LogP contribution in [0.2, 0.25) is 5.02 Å².